The van der Waals surface area contributed by atoms with Crippen molar-refractivity contribution in [3.05, 3.63) is 0 Å². The van der Waals surface area contributed by atoms with Crippen LogP contribution in [0.1, 0.15) is 19.3 Å². The first kappa shape index (κ1) is 12.6. The Bertz CT molecular complexity index is 160. The van der Waals surface area contributed by atoms with Crippen LogP contribution in [0.3, 0.4) is 0 Å². The summed E-state index contributed by atoms with van der Waals surface area (Å²) in [4.78, 5) is 10.7. The number of hydrogen-bond donors (Lipinski definition) is 1. The lowest BCUT2D eigenvalue weighted by atomic mass is 10.3. The molecule has 0 bridgehead atoms. The van der Waals surface area contributed by atoms with Gasteiger partial charge in [-0.15, -0.1) is 11.6 Å². The maximum atomic E-state index is 11.6. The number of amides is 1. The Morgan fingerprint density at radius 2 is 2.00 bits per heavy atom. The van der Waals surface area contributed by atoms with Gasteiger partial charge in [0.25, 0.3) is 0 Å². The second kappa shape index (κ2) is 6.07. The number of halogens is 4. The van der Waals surface area contributed by atoms with E-state index in [2.05, 4.69) is 5.32 Å². The molecule has 1 amide bonds. The molecule has 0 aromatic rings. The molecule has 0 aliphatic heterocycles. The van der Waals surface area contributed by atoms with Crippen LogP contribution in [0.15, 0.2) is 0 Å². The van der Waals surface area contributed by atoms with Crippen molar-refractivity contribution in [2.24, 2.45) is 0 Å². The van der Waals surface area contributed by atoms with Crippen LogP contribution in [-0.4, -0.2) is 24.5 Å². The highest BCUT2D eigenvalue weighted by atomic mass is 35.5. The van der Waals surface area contributed by atoms with E-state index in [1.807, 2.05) is 0 Å². The van der Waals surface area contributed by atoms with Crippen molar-refractivity contribution in [2.45, 2.75) is 25.4 Å². The molecule has 0 aliphatic carbocycles. The van der Waals surface area contributed by atoms with Crippen molar-refractivity contribution < 1.29 is 18.0 Å². The van der Waals surface area contributed by atoms with E-state index >= 15 is 0 Å². The standard InChI is InChI=1S/C7H11ClF3NO/c8-4-1-5-12-6(13)2-3-7(9,10)11/h1-5H2,(H,12,13). The summed E-state index contributed by atoms with van der Waals surface area (Å²) in [7, 11) is 0. The molecule has 0 aliphatic rings. The van der Waals surface area contributed by atoms with Gasteiger partial charge in [0, 0.05) is 18.8 Å². The molecule has 0 aromatic carbocycles. The summed E-state index contributed by atoms with van der Waals surface area (Å²) in [6.07, 6.45) is -5.27. The Morgan fingerprint density at radius 1 is 1.38 bits per heavy atom. The van der Waals surface area contributed by atoms with Gasteiger partial charge in [-0.25, -0.2) is 0 Å². The van der Waals surface area contributed by atoms with Crippen molar-refractivity contribution >= 4 is 17.5 Å². The first-order valence-corrected chi connectivity index (χ1v) is 4.38. The highest BCUT2D eigenvalue weighted by Crippen LogP contribution is 2.20. The number of hydrogen-bond acceptors (Lipinski definition) is 1. The third-order valence-electron chi connectivity index (χ3n) is 1.27. The van der Waals surface area contributed by atoms with Gasteiger partial charge in [0.05, 0.1) is 6.42 Å². The van der Waals surface area contributed by atoms with Crippen LogP contribution in [0.5, 0.6) is 0 Å². The Morgan fingerprint density at radius 3 is 2.46 bits per heavy atom. The third-order valence-corrected chi connectivity index (χ3v) is 1.54. The zero-order valence-corrected chi connectivity index (χ0v) is 7.71. The molecule has 0 aromatic heterocycles. The highest BCUT2D eigenvalue weighted by molar-refractivity contribution is 6.17. The Balaban J connectivity index is 3.41. The fourth-order valence-corrected chi connectivity index (χ4v) is 0.772. The Labute approximate surface area is 79.4 Å². The molecule has 0 fully saturated rings. The van der Waals surface area contributed by atoms with E-state index in [1.54, 1.807) is 0 Å². The largest absolute Gasteiger partial charge is 0.389 e. The predicted octanol–water partition coefficient (Wildman–Crippen LogP) is 2.07. The zero-order chi connectivity index (χ0) is 10.3. The van der Waals surface area contributed by atoms with Gasteiger partial charge in [-0.05, 0) is 6.42 Å². The molecule has 0 rings (SSSR count). The molecule has 0 atom stereocenters. The molecule has 2 nitrogen and oxygen atoms in total. The van der Waals surface area contributed by atoms with Crippen LogP contribution in [0, 0.1) is 0 Å². The number of alkyl halides is 4. The molecule has 13 heavy (non-hydrogen) atoms. The van der Waals surface area contributed by atoms with Crippen LogP contribution in [0.2, 0.25) is 0 Å². The number of nitrogens with one attached hydrogen (secondary N) is 1. The number of carbonyl (C=O) groups is 1. The van der Waals surface area contributed by atoms with Gasteiger partial charge in [-0.2, -0.15) is 13.2 Å². The second-order valence-electron chi connectivity index (χ2n) is 2.51. The summed E-state index contributed by atoms with van der Waals surface area (Å²) in [5.41, 5.74) is 0. The van der Waals surface area contributed by atoms with Crippen molar-refractivity contribution in [1.29, 1.82) is 0 Å². The minimum atomic E-state index is -4.26. The van der Waals surface area contributed by atoms with E-state index in [-0.39, 0.29) is 0 Å². The smallest absolute Gasteiger partial charge is 0.356 e. The van der Waals surface area contributed by atoms with Crippen LogP contribution >= 0.6 is 11.6 Å². The van der Waals surface area contributed by atoms with E-state index in [1.165, 1.54) is 0 Å². The molecule has 0 heterocycles. The zero-order valence-electron chi connectivity index (χ0n) is 6.96. The van der Waals surface area contributed by atoms with Crippen molar-refractivity contribution in [3.63, 3.8) is 0 Å². The average Bonchev–Trinajstić information content (AvgIpc) is 2.00. The van der Waals surface area contributed by atoms with Gasteiger partial charge in [0.15, 0.2) is 0 Å². The fraction of sp³-hybridized carbons (Fsp3) is 0.857. The molecule has 0 saturated heterocycles. The van der Waals surface area contributed by atoms with Gasteiger partial charge in [-0.1, -0.05) is 0 Å². The summed E-state index contributed by atoms with van der Waals surface area (Å²) in [6, 6.07) is 0. The molecule has 0 spiro atoms. The highest BCUT2D eigenvalue weighted by Gasteiger charge is 2.27. The van der Waals surface area contributed by atoms with Gasteiger partial charge in [0.2, 0.25) is 5.91 Å². The Kier molecular flexibility index (Phi) is 5.86. The van der Waals surface area contributed by atoms with E-state index < -0.39 is 24.9 Å². The molecule has 6 heteroatoms. The third kappa shape index (κ3) is 9.46. The molecule has 1 N–H and O–H groups in total. The van der Waals surface area contributed by atoms with Crippen molar-refractivity contribution in [3.8, 4) is 0 Å². The molecular formula is C7H11ClF3NO. The summed E-state index contributed by atoms with van der Waals surface area (Å²) >= 11 is 5.30. The molecule has 0 unspecified atom stereocenters. The van der Waals surface area contributed by atoms with Crippen molar-refractivity contribution in [2.75, 3.05) is 12.4 Å². The summed E-state index contributed by atoms with van der Waals surface area (Å²) in [5, 5.41) is 2.33. The van der Waals surface area contributed by atoms with E-state index in [0.29, 0.717) is 18.8 Å². The average molecular weight is 218 g/mol. The summed E-state index contributed by atoms with van der Waals surface area (Å²) in [6.45, 7) is 0.334. The van der Waals surface area contributed by atoms with Crippen molar-refractivity contribution in [1.82, 2.24) is 5.32 Å². The minimum Gasteiger partial charge on any atom is -0.356 e. The Hall–Kier alpha value is -0.450. The van der Waals surface area contributed by atoms with Crippen LogP contribution in [0.4, 0.5) is 13.2 Å². The van der Waals surface area contributed by atoms with Crippen LogP contribution < -0.4 is 5.32 Å². The second-order valence-corrected chi connectivity index (χ2v) is 2.89. The minimum absolute atomic E-state index is 0.334. The van der Waals surface area contributed by atoms with E-state index in [0.717, 1.165) is 0 Å². The molecule has 0 radical (unpaired) electrons. The maximum Gasteiger partial charge on any atom is 0.389 e. The molecular weight excluding hydrogens is 207 g/mol. The van der Waals surface area contributed by atoms with E-state index in [4.69, 9.17) is 11.6 Å². The topological polar surface area (TPSA) is 29.1 Å². The normalized spacial score (nSPS) is 11.4. The van der Waals surface area contributed by atoms with Gasteiger partial charge in [0.1, 0.15) is 0 Å². The van der Waals surface area contributed by atoms with E-state index in [9.17, 15) is 18.0 Å². The number of rotatable bonds is 5. The van der Waals surface area contributed by atoms with Gasteiger partial charge in [-0.3, -0.25) is 4.79 Å². The summed E-state index contributed by atoms with van der Waals surface area (Å²) < 4.78 is 34.8. The monoisotopic (exact) mass is 217 g/mol. The maximum absolute atomic E-state index is 11.6. The first-order valence-electron chi connectivity index (χ1n) is 3.85. The van der Waals surface area contributed by atoms with Gasteiger partial charge < -0.3 is 5.32 Å². The SMILES string of the molecule is O=C(CCC(F)(F)F)NCCCCl. The fourth-order valence-electron chi connectivity index (χ4n) is 0.638. The van der Waals surface area contributed by atoms with Crippen LogP contribution in [-0.2, 0) is 4.79 Å². The van der Waals surface area contributed by atoms with Gasteiger partial charge >= 0.3 is 6.18 Å². The lowest BCUT2D eigenvalue weighted by Crippen LogP contribution is -2.26. The number of carbonyl (C=O) groups excluding carboxylic acids is 1. The quantitative estimate of drug-likeness (QED) is 0.554. The van der Waals surface area contributed by atoms with Crippen LogP contribution in [0.25, 0.3) is 0 Å². The lowest BCUT2D eigenvalue weighted by molar-refractivity contribution is -0.144. The first-order chi connectivity index (χ1) is 5.95. The summed E-state index contributed by atoms with van der Waals surface area (Å²) in [5.74, 6) is -0.193. The lowest BCUT2D eigenvalue weighted by Gasteiger charge is -2.06. The predicted molar refractivity (Wildman–Crippen MR) is 43.6 cm³/mol. The molecule has 0 saturated carbocycles. The molecule has 78 valence electrons.